The molecule has 308 valence electrons. The van der Waals surface area contributed by atoms with E-state index in [4.69, 9.17) is 18.9 Å². The predicted octanol–water partition coefficient (Wildman–Crippen LogP) is 6.62. The van der Waals surface area contributed by atoms with Crippen LogP contribution in [-0.2, 0) is 53.8 Å². The van der Waals surface area contributed by atoms with Crippen molar-refractivity contribution < 1.29 is 33.1 Å². The molecule has 5 heterocycles. The average Bonchev–Trinajstić information content (AvgIpc) is 3.78. The molecule has 8 rings (SSSR count). The summed E-state index contributed by atoms with van der Waals surface area (Å²) >= 11 is 0. The van der Waals surface area contributed by atoms with E-state index >= 15 is 0 Å². The number of benzene rings is 3. The summed E-state index contributed by atoms with van der Waals surface area (Å²) in [5.74, 6) is -2.28. The molecule has 2 atom stereocenters. The third-order valence-electron chi connectivity index (χ3n) is 12.3. The Labute approximate surface area is 350 Å². The first-order chi connectivity index (χ1) is 28.8. The van der Waals surface area contributed by atoms with Gasteiger partial charge in [0.1, 0.15) is 18.4 Å². The molecule has 5 aromatic rings. The van der Waals surface area contributed by atoms with Gasteiger partial charge in [0.25, 0.3) is 17.4 Å². The van der Waals surface area contributed by atoms with Gasteiger partial charge >= 0.3 is 20.3 Å². The first-order valence-electron chi connectivity index (χ1n) is 20.8. The number of aromatic nitrogens is 2. The molecule has 0 spiro atoms. The Bertz CT molecular complexity index is 2590. The number of nitrogens with zero attached hydrogens (tertiary/aromatic N) is 3. The number of aryl methyl sites for hydroxylation is 1. The van der Waals surface area contributed by atoms with Crippen molar-refractivity contribution in [2.24, 2.45) is 0 Å². The average molecular weight is 824 g/mol. The fourth-order valence-electron chi connectivity index (χ4n) is 9.30. The predicted molar refractivity (Wildman–Crippen MR) is 230 cm³/mol. The third kappa shape index (κ3) is 6.39. The Balaban J connectivity index is 1.22. The smallest absolute Gasteiger partial charge is 0.355 e. The Morgan fingerprint density at radius 2 is 1.53 bits per heavy atom. The van der Waals surface area contributed by atoms with Crippen molar-refractivity contribution in [3.63, 3.8) is 0 Å². The van der Waals surface area contributed by atoms with Crippen molar-refractivity contribution in [2.75, 3.05) is 0 Å². The molecule has 3 aliphatic heterocycles. The Hall–Kier alpha value is -6.14. The van der Waals surface area contributed by atoms with Crippen LogP contribution < -0.4 is 20.4 Å². The molecule has 12 heteroatoms. The number of unbranched alkanes of at least 4 members (excludes halogenated alkanes) is 1. The zero-order valence-electron chi connectivity index (χ0n) is 34.9. The zero-order chi connectivity index (χ0) is 42.6. The lowest BCUT2D eigenvalue weighted by Crippen LogP contribution is -2.68. The number of imide groups is 1. The normalized spacial score (nSPS) is 17.6. The molecule has 2 unspecified atom stereocenters. The van der Waals surface area contributed by atoms with E-state index in [1.54, 1.807) is 17.6 Å². The topological polar surface area (TPSA) is 134 Å². The second-order valence-corrected chi connectivity index (χ2v) is 21.0. The molecule has 11 nitrogen and oxygen atoms in total. The summed E-state index contributed by atoms with van der Waals surface area (Å²) in [4.78, 5) is 73.9. The van der Waals surface area contributed by atoms with Crippen molar-refractivity contribution >= 4 is 53.3 Å². The van der Waals surface area contributed by atoms with Gasteiger partial charge in [-0.05, 0) is 64.5 Å². The number of ether oxygens (including phenoxy) is 2. The maximum absolute atomic E-state index is 14.5. The lowest BCUT2D eigenvalue weighted by molar-refractivity contribution is -0.193. The number of esters is 2. The largest absolute Gasteiger partial charge is 0.534 e. The summed E-state index contributed by atoms with van der Waals surface area (Å²) < 4.78 is 20.8. The minimum absolute atomic E-state index is 0.0551. The minimum Gasteiger partial charge on any atom is -0.534 e. The van der Waals surface area contributed by atoms with Crippen LogP contribution in [0.4, 0.5) is 0 Å². The van der Waals surface area contributed by atoms with Gasteiger partial charge < -0.3 is 18.5 Å². The molecule has 0 bridgehead atoms. The monoisotopic (exact) mass is 823 g/mol. The van der Waals surface area contributed by atoms with Crippen LogP contribution >= 0.6 is 0 Å². The molecular formula is C48H49N3O8Si. The summed E-state index contributed by atoms with van der Waals surface area (Å²) in [6.45, 7) is 12.4. The zero-order valence-corrected chi connectivity index (χ0v) is 35.9. The standard InChI is InChI=1S/C48H49N3O8Si/c1-7-10-21-39(51-41(52)24-25-42(51)53)45(55)58-48(9-3)37-27-40-43-35(28-50(40)44(54)36(37)29-57-46(48)56)33(8-2)34-26-30(22-23-38(34)49-43)59-60(47(4,5)6,31-17-13-11-14-18-31)32-19-15-12-16-20-32/h11-20,22-27,39H,7-10,21,28-29H2,1-6H3. The van der Waals surface area contributed by atoms with Crippen LogP contribution in [0.15, 0.2) is 102 Å². The minimum atomic E-state index is -2.94. The Morgan fingerprint density at radius 3 is 2.12 bits per heavy atom. The van der Waals surface area contributed by atoms with Crippen LogP contribution in [0, 0.1) is 0 Å². The molecule has 0 N–H and O–H groups in total. The van der Waals surface area contributed by atoms with E-state index in [2.05, 4.69) is 82.3 Å². The van der Waals surface area contributed by atoms with Gasteiger partial charge in [-0.1, -0.05) is 115 Å². The number of rotatable bonds is 12. The van der Waals surface area contributed by atoms with Gasteiger partial charge in [0, 0.05) is 28.7 Å². The van der Waals surface area contributed by atoms with Crippen molar-refractivity contribution in [1.29, 1.82) is 0 Å². The van der Waals surface area contributed by atoms with Crippen LogP contribution in [0.1, 0.15) is 89.5 Å². The molecule has 0 radical (unpaired) electrons. The molecule has 0 saturated heterocycles. The van der Waals surface area contributed by atoms with Gasteiger partial charge in [-0.25, -0.2) is 14.6 Å². The van der Waals surface area contributed by atoms with Crippen LogP contribution in [0.2, 0.25) is 5.04 Å². The highest BCUT2D eigenvalue weighted by molar-refractivity contribution is 7.00. The fourth-order valence-corrected chi connectivity index (χ4v) is 13.7. The lowest BCUT2D eigenvalue weighted by Gasteiger charge is -2.43. The van der Waals surface area contributed by atoms with Gasteiger partial charge in [0.15, 0.2) is 0 Å². The molecule has 2 aromatic heterocycles. The number of hydrogen-bond acceptors (Lipinski definition) is 9. The highest BCUT2D eigenvalue weighted by Crippen LogP contribution is 2.44. The molecule has 0 saturated carbocycles. The first-order valence-corrected chi connectivity index (χ1v) is 22.7. The Morgan fingerprint density at radius 1 is 0.883 bits per heavy atom. The number of pyridine rings is 2. The quantitative estimate of drug-likeness (QED) is 0.0759. The number of cyclic esters (lactones) is 1. The van der Waals surface area contributed by atoms with Gasteiger partial charge in [0.05, 0.1) is 29.0 Å². The number of fused-ring (bicyclic) bond motifs is 5. The molecule has 3 aromatic carbocycles. The van der Waals surface area contributed by atoms with Crippen molar-refractivity contribution in [3.8, 4) is 17.1 Å². The summed E-state index contributed by atoms with van der Waals surface area (Å²) in [7, 11) is -2.94. The first kappa shape index (κ1) is 40.6. The van der Waals surface area contributed by atoms with Gasteiger partial charge in [0.2, 0.25) is 5.60 Å². The summed E-state index contributed by atoms with van der Waals surface area (Å²) in [6.07, 6.45) is 4.18. The van der Waals surface area contributed by atoms with Gasteiger partial charge in [-0.2, -0.15) is 0 Å². The number of hydrogen-bond donors (Lipinski definition) is 0. The van der Waals surface area contributed by atoms with E-state index in [9.17, 15) is 24.0 Å². The van der Waals surface area contributed by atoms with Crippen LogP contribution in [0.3, 0.4) is 0 Å². The van der Waals surface area contributed by atoms with Crippen molar-refractivity contribution in [3.05, 3.63) is 130 Å². The number of amides is 2. The van der Waals surface area contributed by atoms with Crippen LogP contribution in [0.5, 0.6) is 5.75 Å². The molecule has 0 fully saturated rings. The van der Waals surface area contributed by atoms with Crippen LogP contribution in [0.25, 0.3) is 22.3 Å². The molecule has 0 aliphatic carbocycles. The highest BCUT2D eigenvalue weighted by atomic mass is 28.4. The van der Waals surface area contributed by atoms with E-state index in [1.807, 2.05) is 31.2 Å². The maximum atomic E-state index is 14.5. The fraction of sp³-hybridized carbons (Fsp3) is 0.333. The number of carbonyl (C=O) groups excluding carboxylic acids is 4. The van der Waals surface area contributed by atoms with Crippen molar-refractivity contribution in [1.82, 2.24) is 14.5 Å². The molecule has 60 heavy (non-hydrogen) atoms. The Kier molecular flexibility index (Phi) is 10.5. The van der Waals surface area contributed by atoms with Gasteiger partial charge in [-0.3, -0.25) is 19.3 Å². The summed E-state index contributed by atoms with van der Waals surface area (Å²) in [5, 5.41) is 2.99. The highest BCUT2D eigenvalue weighted by Gasteiger charge is 2.53. The SMILES string of the molecule is CCCCC(C(=O)OC1(CC)C(=O)OCc2c1cc1n(c2=O)Cc2c-1nc1ccc(O[Si](c3ccccc3)(c3ccccc3)C(C)(C)C)cc1c2CC)N1C(=O)C=CC1=O. The summed E-state index contributed by atoms with van der Waals surface area (Å²) in [5.41, 5.74) is 1.79. The molecular weight excluding hydrogens is 775 g/mol. The lowest BCUT2D eigenvalue weighted by atomic mass is 9.85. The van der Waals surface area contributed by atoms with E-state index in [-0.39, 0.29) is 47.7 Å². The second-order valence-electron chi connectivity index (χ2n) is 16.7. The molecule has 2 amide bonds. The number of carbonyl (C=O) groups is 4. The van der Waals surface area contributed by atoms with Crippen LogP contribution in [-0.4, -0.2) is 52.6 Å². The third-order valence-corrected chi connectivity index (χ3v) is 17.3. The maximum Gasteiger partial charge on any atom is 0.355 e. The summed E-state index contributed by atoms with van der Waals surface area (Å²) in [6, 6.07) is 27.4. The van der Waals surface area contributed by atoms with E-state index in [1.165, 1.54) is 0 Å². The second kappa shape index (κ2) is 15.5. The van der Waals surface area contributed by atoms with E-state index in [0.29, 0.717) is 30.7 Å². The molecule has 3 aliphatic rings. The van der Waals surface area contributed by atoms with Gasteiger partial charge in [-0.15, -0.1) is 0 Å². The van der Waals surface area contributed by atoms with Crippen molar-refractivity contribution in [2.45, 2.75) is 103 Å². The van der Waals surface area contributed by atoms with E-state index < -0.39 is 43.7 Å². The van der Waals surface area contributed by atoms with E-state index in [0.717, 1.165) is 55.2 Å².